The largest absolute Gasteiger partial charge is 0.494 e. The standard InChI is InChI=1S/C36H39ClFN3O5S/c1-4-46-32-17-15-31(16-18-32)41(47(44,45)33-19-13-30(38)14-20-33)25-35(42)40(24-28-11-8-12-29(37)21-28)34(36(43)39-23-26(2)3)22-27-9-6-5-7-10-27/h5-21,26,34H,4,22-25H2,1-3H3,(H,39,43). The molecule has 1 atom stereocenters. The van der Waals surface area contributed by atoms with Crippen molar-refractivity contribution in [3.63, 3.8) is 0 Å². The third kappa shape index (κ3) is 9.79. The number of anilines is 1. The van der Waals surface area contributed by atoms with Gasteiger partial charge in [-0.1, -0.05) is 67.9 Å². The molecule has 2 amide bonds. The first kappa shape index (κ1) is 35.4. The van der Waals surface area contributed by atoms with Gasteiger partial charge < -0.3 is 15.0 Å². The fourth-order valence-corrected chi connectivity index (χ4v) is 6.57. The molecule has 11 heteroatoms. The molecule has 0 aromatic heterocycles. The Bertz CT molecular complexity index is 1740. The van der Waals surface area contributed by atoms with Crippen LogP contribution in [0.4, 0.5) is 10.1 Å². The summed E-state index contributed by atoms with van der Waals surface area (Å²) >= 11 is 6.30. The molecule has 0 saturated carbocycles. The highest BCUT2D eigenvalue weighted by Crippen LogP contribution is 2.27. The zero-order valence-electron chi connectivity index (χ0n) is 26.6. The first-order chi connectivity index (χ1) is 22.5. The number of hydrogen-bond donors (Lipinski definition) is 1. The number of carbonyl (C=O) groups is 2. The van der Waals surface area contributed by atoms with Crippen molar-refractivity contribution >= 4 is 39.1 Å². The van der Waals surface area contributed by atoms with E-state index in [0.717, 1.165) is 34.1 Å². The summed E-state index contributed by atoms with van der Waals surface area (Å²) in [4.78, 5) is 29.6. The highest BCUT2D eigenvalue weighted by atomic mass is 35.5. The third-order valence-corrected chi connectivity index (χ3v) is 9.34. The van der Waals surface area contributed by atoms with Gasteiger partial charge in [0.05, 0.1) is 17.2 Å². The molecule has 0 aliphatic heterocycles. The van der Waals surface area contributed by atoms with E-state index in [4.69, 9.17) is 16.3 Å². The normalized spacial score (nSPS) is 12.0. The molecular weight excluding hydrogens is 641 g/mol. The van der Waals surface area contributed by atoms with E-state index in [2.05, 4.69) is 5.32 Å². The minimum absolute atomic E-state index is 0.0142. The van der Waals surface area contributed by atoms with Crippen LogP contribution in [0.2, 0.25) is 5.02 Å². The summed E-state index contributed by atoms with van der Waals surface area (Å²) < 4.78 is 48.5. The Hall–Kier alpha value is -4.41. The lowest BCUT2D eigenvalue weighted by Gasteiger charge is -2.34. The summed E-state index contributed by atoms with van der Waals surface area (Å²) in [5.74, 6) is -0.910. The van der Waals surface area contributed by atoms with E-state index in [1.165, 1.54) is 17.0 Å². The van der Waals surface area contributed by atoms with Crippen LogP contribution >= 0.6 is 11.6 Å². The van der Waals surface area contributed by atoms with Crippen LogP contribution in [0.1, 0.15) is 31.9 Å². The van der Waals surface area contributed by atoms with Crippen LogP contribution in [0.5, 0.6) is 5.75 Å². The molecule has 4 aromatic carbocycles. The highest BCUT2D eigenvalue weighted by molar-refractivity contribution is 7.92. The maximum atomic E-state index is 14.5. The zero-order valence-corrected chi connectivity index (χ0v) is 28.2. The van der Waals surface area contributed by atoms with Gasteiger partial charge in [-0.15, -0.1) is 0 Å². The molecule has 1 unspecified atom stereocenters. The van der Waals surface area contributed by atoms with Gasteiger partial charge in [0.1, 0.15) is 24.2 Å². The highest BCUT2D eigenvalue weighted by Gasteiger charge is 2.34. The third-order valence-electron chi connectivity index (χ3n) is 7.31. The van der Waals surface area contributed by atoms with Gasteiger partial charge in [-0.05, 0) is 84.6 Å². The summed E-state index contributed by atoms with van der Waals surface area (Å²) in [5, 5.41) is 3.41. The van der Waals surface area contributed by atoms with Crippen LogP contribution in [0.25, 0.3) is 0 Å². The number of halogens is 2. The SMILES string of the molecule is CCOc1ccc(N(CC(=O)N(Cc2cccc(Cl)c2)C(Cc2ccccc2)C(=O)NCC(C)C)S(=O)(=O)c2ccc(F)cc2)cc1. The molecule has 4 aromatic rings. The van der Waals surface area contributed by atoms with Crippen molar-refractivity contribution in [2.75, 3.05) is 24.0 Å². The van der Waals surface area contributed by atoms with Crippen molar-refractivity contribution in [2.24, 2.45) is 5.92 Å². The van der Waals surface area contributed by atoms with Crippen molar-refractivity contribution in [3.05, 3.63) is 125 Å². The second kappa shape index (κ2) is 16.4. The molecule has 0 heterocycles. The van der Waals surface area contributed by atoms with Crippen molar-refractivity contribution in [2.45, 2.75) is 44.7 Å². The molecule has 8 nitrogen and oxygen atoms in total. The molecule has 0 aliphatic carbocycles. The zero-order chi connectivity index (χ0) is 34.0. The Morgan fingerprint density at radius 1 is 0.894 bits per heavy atom. The number of hydrogen-bond acceptors (Lipinski definition) is 5. The molecular formula is C36H39ClFN3O5S. The van der Waals surface area contributed by atoms with Gasteiger partial charge in [-0.3, -0.25) is 13.9 Å². The van der Waals surface area contributed by atoms with Crippen LogP contribution in [0.3, 0.4) is 0 Å². The van der Waals surface area contributed by atoms with Crippen molar-refractivity contribution in [3.8, 4) is 5.75 Å². The maximum absolute atomic E-state index is 14.5. The number of carbonyl (C=O) groups excluding carboxylic acids is 2. The van der Waals surface area contributed by atoms with Gasteiger partial charge in [-0.25, -0.2) is 12.8 Å². The average Bonchev–Trinajstić information content (AvgIpc) is 3.05. The number of sulfonamides is 1. The van der Waals surface area contributed by atoms with E-state index in [0.29, 0.717) is 29.5 Å². The molecule has 0 bridgehead atoms. The number of benzene rings is 4. The van der Waals surface area contributed by atoms with E-state index in [1.54, 1.807) is 36.4 Å². The molecule has 47 heavy (non-hydrogen) atoms. The maximum Gasteiger partial charge on any atom is 0.264 e. The van der Waals surface area contributed by atoms with E-state index < -0.39 is 34.3 Å². The number of rotatable bonds is 15. The predicted molar refractivity (Wildman–Crippen MR) is 182 cm³/mol. The lowest BCUT2D eigenvalue weighted by Crippen LogP contribution is -2.53. The second-order valence-electron chi connectivity index (χ2n) is 11.4. The summed E-state index contributed by atoms with van der Waals surface area (Å²) in [7, 11) is -4.37. The molecule has 0 fully saturated rings. The van der Waals surface area contributed by atoms with Gasteiger partial charge in [0.15, 0.2) is 0 Å². The van der Waals surface area contributed by atoms with Crippen molar-refractivity contribution in [1.29, 1.82) is 0 Å². The Labute approximate surface area is 281 Å². The lowest BCUT2D eigenvalue weighted by atomic mass is 10.0. The second-order valence-corrected chi connectivity index (χ2v) is 13.7. The van der Waals surface area contributed by atoms with Gasteiger partial charge in [0.25, 0.3) is 10.0 Å². The molecule has 0 spiro atoms. The van der Waals surface area contributed by atoms with Crippen LogP contribution in [-0.4, -0.2) is 50.9 Å². The van der Waals surface area contributed by atoms with Crippen LogP contribution in [0, 0.1) is 11.7 Å². The quantitative estimate of drug-likeness (QED) is 0.155. The van der Waals surface area contributed by atoms with Gasteiger partial charge in [0, 0.05) is 24.5 Å². The lowest BCUT2D eigenvalue weighted by molar-refractivity contribution is -0.140. The Morgan fingerprint density at radius 2 is 1.55 bits per heavy atom. The average molecular weight is 680 g/mol. The number of amides is 2. The first-order valence-corrected chi connectivity index (χ1v) is 17.2. The molecule has 4 rings (SSSR count). The summed E-state index contributed by atoms with van der Waals surface area (Å²) in [5.41, 5.74) is 1.68. The first-order valence-electron chi connectivity index (χ1n) is 15.3. The van der Waals surface area contributed by atoms with Crippen molar-refractivity contribution in [1.82, 2.24) is 10.2 Å². The molecule has 248 valence electrons. The number of nitrogens with zero attached hydrogens (tertiary/aromatic N) is 2. The van der Waals surface area contributed by atoms with E-state index in [-0.39, 0.29) is 35.4 Å². The summed E-state index contributed by atoms with van der Waals surface area (Å²) in [6.45, 7) is 5.91. The Morgan fingerprint density at radius 3 is 2.17 bits per heavy atom. The van der Waals surface area contributed by atoms with E-state index in [1.807, 2.05) is 51.1 Å². The van der Waals surface area contributed by atoms with Crippen LogP contribution < -0.4 is 14.4 Å². The minimum atomic E-state index is -4.37. The molecule has 0 aliphatic rings. The summed E-state index contributed by atoms with van der Waals surface area (Å²) in [6, 6.07) is 26.0. The van der Waals surface area contributed by atoms with Gasteiger partial charge >= 0.3 is 0 Å². The minimum Gasteiger partial charge on any atom is -0.494 e. The predicted octanol–water partition coefficient (Wildman–Crippen LogP) is 6.49. The van der Waals surface area contributed by atoms with Crippen LogP contribution in [0.15, 0.2) is 108 Å². The van der Waals surface area contributed by atoms with Crippen molar-refractivity contribution < 1.29 is 27.1 Å². The molecule has 0 radical (unpaired) electrons. The molecule has 1 N–H and O–H groups in total. The number of nitrogens with one attached hydrogen (secondary N) is 1. The summed E-state index contributed by atoms with van der Waals surface area (Å²) in [6.07, 6.45) is 0.185. The number of ether oxygens (including phenoxy) is 1. The van der Waals surface area contributed by atoms with Gasteiger partial charge in [-0.2, -0.15) is 0 Å². The van der Waals surface area contributed by atoms with Gasteiger partial charge in [0.2, 0.25) is 11.8 Å². The van der Waals surface area contributed by atoms with Crippen LogP contribution in [-0.2, 0) is 32.6 Å². The van der Waals surface area contributed by atoms with E-state index >= 15 is 0 Å². The topological polar surface area (TPSA) is 96.0 Å². The fraction of sp³-hybridized carbons (Fsp3) is 0.278. The fourth-order valence-electron chi connectivity index (χ4n) is 4.95. The van der Waals surface area contributed by atoms with E-state index in [9.17, 15) is 22.4 Å². The monoisotopic (exact) mass is 679 g/mol. The Kier molecular flexibility index (Phi) is 12.4. The molecule has 0 saturated heterocycles. The Balaban J connectivity index is 1.80. The smallest absolute Gasteiger partial charge is 0.264 e.